The van der Waals surface area contributed by atoms with Crippen LogP contribution in [0.3, 0.4) is 0 Å². The zero-order valence-electron chi connectivity index (χ0n) is 14.2. The van der Waals surface area contributed by atoms with Crippen molar-refractivity contribution in [1.29, 1.82) is 0 Å². The van der Waals surface area contributed by atoms with E-state index in [-0.39, 0.29) is 0 Å². The second-order valence-corrected chi connectivity index (χ2v) is 8.40. The summed E-state index contributed by atoms with van der Waals surface area (Å²) in [6.07, 6.45) is 16.1. The van der Waals surface area contributed by atoms with E-state index in [1.54, 1.807) is 0 Å². The number of nitrogens with zero attached hydrogens (tertiary/aromatic N) is 1. The lowest BCUT2D eigenvalue weighted by atomic mass is 9.68. The monoisotopic (exact) mass is 297 g/mol. The lowest BCUT2D eigenvalue weighted by Gasteiger charge is -2.43. The Morgan fingerprint density at radius 1 is 0.818 bits per heavy atom. The minimum atomic E-state index is 0.488. The van der Waals surface area contributed by atoms with Gasteiger partial charge in [-0.2, -0.15) is 0 Å². The summed E-state index contributed by atoms with van der Waals surface area (Å²) in [6.45, 7) is 3.63. The molecule has 1 aliphatic heterocycles. The molecule has 1 saturated heterocycles. The number of para-hydroxylation sites is 1. The second kappa shape index (κ2) is 5.58. The highest BCUT2D eigenvalue weighted by Crippen LogP contribution is 2.56. The zero-order chi connectivity index (χ0) is 15.0. The number of anilines is 1. The van der Waals surface area contributed by atoms with Crippen LogP contribution < -0.4 is 4.90 Å². The first kappa shape index (κ1) is 14.6. The van der Waals surface area contributed by atoms with Crippen LogP contribution in [0.2, 0.25) is 0 Å². The lowest BCUT2D eigenvalue weighted by molar-refractivity contribution is 0.181. The molecular weight excluding hydrogens is 266 g/mol. The van der Waals surface area contributed by atoms with Crippen LogP contribution in [0.15, 0.2) is 24.3 Å². The molecule has 0 unspecified atom stereocenters. The minimum Gasteiger partial charge on any atom is -0.365 e. The Morgan fingerprint density at radius 2 is 1.45 bits per heavy atom. The number of hydrogen-bond donors (Lipinski definition) is 0. The molecule has 1 heterocycles. The van der Waals surface area contributed by atoms with Gasteiger partial charge in [0.2, 0.25) is 0 Å². The molecule has 0 aromatic heterocycles. The van der Waals surface area contributed by atoms with Gasteiger partial charge in [0.15, 0.2) is 0 Å². The van der Waals surface area contributed by atoms with Crippen LogP contribution in [-0.2, 0) is 0 Å². The first-order valence-corrected chi connectivity index (χ1v) is 9.57. The fourth-order valence-corrected chi connectivity index (χ4v) is 5.85. The number of rotatable bonds is 1. The lowest BCUT2D eigenvalue weighted by Crippen LogP contribution is -2.45. The average molecular weight is 297 g/mol. The summed E-state index contributed by atoms with van der Waals surface area (Å²) in [5.41, 5.74) is 4.13. The molecule has 3 aliphatic rings. The summed E-state index contributed by atoms with van der Waals surface area (Å²) in [5, 5.41) is 0. The number of hydrogen-bond acceptors (Lipinski definition) is 1. The molecule has 4 rings (SSSR count). The van der Waals surface area contributed by atoms with Gasteiger partial charge in [0, 0.05) is 17.8 Å². The molecule has 0 amide bonds. The van der Waals surface area contributed by atoms with Gasteiger partial charge in [0.25, 0.3) is 0 Å². The average Bonchev–Trinajstić information content (AvgIpc) is 2.82. The van der Waals surface area contributed by atoms with E-state index in [2.05, 4.69) is 36.1 Å². The van der Waals surface area contributed by atoms with Crippen LogP contribution in [-0.4, -0.2) is 12.1 Å². The van der Waals surface area contributed by atoms with Crippen molar-refractivity contribution >= 4 is 5.69 Å². The SMILES string of the molecule is Cc1ccccc1N1CC2(CCCCC2)CC12CCCCC2. The summed E-state index contributed by atoms with van der Waals surface area (Å²) in [5.74, 6) is 0. The molecule has 1 nitrogen and oxygen atoms in total. The van der Waals surface area contributed by atoms with Gasteiger partial charge in [-0.15, -0.1) is 0 Å². The fourth-order valence-electron chi connectivity index (χ4n) is 5.85. The largest absolute Gasteiger partial charge is 0.365 e. The molecule has 0 bridgehead atoms. The van der Waals surface area contributed by atoms with Crippen molar-refractivity contribution in [1.82, 2.24) is 0 Å². The molecule has 2 spiro atoms. The van der Waals surface area contributed by atoms with Crippen LogP contribution in [0.25, 0.3) is 0 Å². The molecule has 0 atom stereocenters. The van der Waals surface area contributed by atoms with Crippen LogP contribution >= 0.6 is 0 Å². The quantitative estimate of drug-likeness (QED) is 0.627. The van der Waals surface area contributed by atoms with Crippen molar-refractivity contribution in [3.63, 3.8) is 0 Å². The van der Waals surface area contributed by atoms with Crippen molar-refractivity contribution in [2.45, 2.75) is 83.1 Å². The number of benzene rings is 1. The Morgan fingerprint density at radius 3 is 2.14 bits per heavy atom. The van der Waals surface area contributed by atoms with E-state index in [1.807, 2.05) is 0 Å². The predicted molar refractivity (Wildman–Crippen MR) is 94.5 cm³/mol. The first-order valence-electron chi connectivity index (χ1n) is 9.57. The third-order valence-corrected chi connectivity index (χ3v) is 6.87. The molecule has 120 valence electrons. The van der Waals surface area contributed by atoms with Gasteiger partial charge in [-0.25, -0.2) is 0 Å². The van der Waals surface area contributed by atoms with Crippen molar-refractivity contribution in [2.75, 3.05) is 11.4 Å². The summed E-state index contributed by atoms with van der Waals surface area (Å²) in [7, 11) is 0. The molecule has 3 fully saturated rings. The third-order valence-electron chi connectivity index (χ3n) is 6.87. The molecule has 1 aromatic rings. The van der Waals surface area contributed by atoms with Gasteiger partial charge in [0.1, 0.15) is 0 Å². The molecule has 1 heteroatoms. The molecular formula is C21H31N. The maximum atomic E-state index is 2.88. The minimum absolute atomic E-state index is 0.488. The first-order chi connectivity index (χ1) is 10.7. The maximum Gasteiger partial charge on any atom is 0.0408 e. The zero-order valence-corrected chi connectivity index (χ0v) is 14.2. The van der Waals surface area contributed by atoms with Crippen LogP contribution in [0, 0.1) is 12.3 Å². The van der Waals surface area contributed by atoms with Gasteiger partial charge in [0.05, 0.1) is 0 Å². The predicted octanol–water partition coefficient (Wildman–Crippen LogP) is 5.86. The molecule has 2 aliphatic carbocycles. The van der Waals surface area contributed by atoms with E-state index >= 15 is 0 Å². The molecule has 22 heavy (non-hydrogen) atoms. The molecule has 0 radical (unpaired) electrons. The van der Waals surface area contributed by atoms with Crippen molar-refractivity contribution < 1.29 is 0 Å². The summed E-state index contributed by atoms with van der Waals surface area (Å²) in [4.78, 5) is 2.88. The van der Waals surface area contributed by atoms with Crippen LogP contribution in [0.1, 0.15) is 76.2 Å². The summed E-state index contributed by atoms with van der Waals surface area (Å²) in [6, 6.07) is 9.12. The second-order valence-electron chi connectivity index (χ2n) is 8.40. The van der Waals surface area contributed by atoms with E-state index in [1.165, 1.54) is 88.4 Å². The Hall–Kier alpha value is -0.980. The van der Waals surface area contributed by atoms with Crippen molar-refractivity contribution in [2.24, 2.45) is 5.41 Å². The van der Waals surface area contributed by atoms with E-state index in [0.29, 0.717) is 11.0 Å². The Bertz CT molecular complexity index is 520. The maximum absolute atomic E-state index is 2.88. The molecule has 2 saturated carbocycles. The van der Waals surface area contributed by atoms with E-state index in [4.69, 9.17) is 0 Å². The van der Waals surface area contributed by atoms with Gasteiger partial charge in [-0.1, -0.05) is 56.7 Å². The van der Waals surface area contributed by atoms with E-state index in [9.17, 15) is 0 Å². The molecule has 0 N–H and O–H groups in total. The van der Waals surface area contributed by atoms with E-state index < -0.39 is 0 Å². The third kappa shape index (κ3) is 2.37. The Labute approximate surface area is 136 Å². The van der Waals surface area contributed by atoms with Gasteiger partial charge in [-0.05, 0) is 56.1 Å². The van der Waals surface area contributed by atoms with Crippen molar-refractivity contribution in [3.05, 3.63) is 29.8 Å². The summed E-state index contributed by atoms with van der Waals surface area (Å²) >= 11 is 0. The summed E-state index contributed by atoms with van der Waals surface area (Å²) < 4.78 is 0. The highest BCUT2D eigenvalue weighted by atomic mass is 15.2. The van der Waals surface area contributed by atoms with Gasteiger partial charge in [-0.3, -0.25) is 0 Å². The van der Waals surface area contributed by atoms with E-state index in [0.717, 1.165) is 0 Å². The standard InChI is InChI=1S/C21H31N/c1-18-10-4-5-11-19(18)22-17-20(12-6-2-7-13-20)16-21(22)14-8-3-9-15-21/h4-5,10-11H,2-3,6-9,12-17H2,1H3. The normalized spacial score (nSPS) is 26.7. The van der Waals surface area contributed by atoms with Gasteiger partial charge >= 0.3 is 0 Å². The highest BCUT2D eigenvalue weighted by Gasteiger charge is 2.53. The Kier molecular flexibility index (Phi) is 3.71. The smallest absolute Gasteiger partial charge is 0.0408 e. The topological polar surface area (TPSA) is 3.24 Å². The van der Waals surface area contributed by atoms with Crippen LogP contribution in [0.4, 0.5) is 5.69 Å². The number of aryl methyl sites for hydroxylation is 1. The fraction of sp³-hybridized carbons (Fsp3) is 0.714. The van der Waals surface area contributed by atoms with Gasteiger partial charge < -0.3 is 4.90 Å². The van der Waals surface area contributed by atoms with Crippen molar-refractivity contribution in [3.8, 4) is 0 Å². The molecule has 1 aromatic carbocycles. The Balaban J connectivity index is 1.71. The van der Waals surface area contributed by atoms with Crippen LogP contribution in [0.5, 0.6) is 0 Å². The highest BCUT2D eigenvalue weighted by molar-refractivity contribution is 5.57.